The minimum Gasteiger partial charge on any atom is -0.345 e. The quantitative estimate of drug-likeness (QED) is 0.728. The van der Waals surface area contributed by atoms with Gasteiger partial charge in [0.1, 0.15) is 0 Å². The molecule has 1 atom stereocenters. The van der Waals surface area contributed by atoms with E-state index in [4.69, 9.17) is 0 Å². The van der Waals surface area contributed by atoms with Crippen molar-refractivity contribution in [2.45, 2.75) is 6.92 Å². The Balaban J connectivity index is 2.02. The van der Waals surface area contributed by atoms with Gasteiger partial charge in [-0.2, -0.15) is 0 Å². The van der Waals surface area contributed by atoms with Gasteiger partial charge in [-0.05, 0) is 37.3 Å². The van der Waals surface area contributed by atoms with Gasteiger partial charge in [0.2, 0.25) is 0 Å². The summed E-state index contributed by atoms with van der Waals surface area (Å²) in [6.45, 7) is 1.90. The summed E-state index contributed by atoms with van der Waals surface area (Å²) in [5.74, 6) is -0.554. The Morgan fingerprint density at radius 3 is 2.64 bits per heavy atom. The van der Waals surface area contributed by atoms with Gasteiger partial charge >= 0.3 is 0 Å². The average molecular weight is 315 g/mol. The van der Waals surface area contributed by atoms with Gasteiger partial charge in [-0.25, -0.2) is 13.5 Å². The number of hydrogen-bond donors (Lipinski definition) is 2. The molecule has 0 spiro atoms. The Labute approximate surface area is 129 Å². The molecule has 0 aliphatic heterocycles. The standard InChI is InChI=1S/C15H13N3O3S/c1-10-2-5-12(6-3-10)18(22(20)21)15(19)11-4-7-13-14(8-11)17-9-16-13/h2-9H,1H3,(H,16,17)(H,20,21). The first-order valence-corrected chi connectivity index (χ1v) is 7.58. The SMILES string of the molecule is Cc1ccc(N(C(=O)c2ccc3nc[nH]c3c2)S(=O)O)cc1. The van der Waals surface area contributed by atoms with E-state index in [1.165, 1.54) is 6.33 Å². The number of aromatic nitrogens is 2. The summed E-state index contributed by atoms with van der Waals surface area (Å²) >= 11 is -2.46. The van der Waals surface area contributed by atoms with Gasteiger partial charge in [0.05, 0.1) is 23.0 Å². The van der Waals surface area contributed by atoms with Crippen molar-refractivity contribution in [3.8, 4) is 0 Å². The maximum Gasteiger partial charge on any atom is 0.272 e. The van der Waals surface area contributed by atoms with Crippen molar-refractivity contribution in [2.24, 2.45) is 0 Å². The lowest BCUT2D eigenvalue weighted by atomic mass is 10.1. The van der Waals surface area contributed by atoms with Crippen LogP contribution in [0.5, 0.6) is 0 Å². The van der Waals surface area contributed by atoms with Crippen LogP contribution in [0.25, 0.3) is 11.0 Å². The number of benzene rings is 2. The summed E-state index contributed by atoms with van der Waals surface area (Å²) in [5, 5.41) is 0. The van der Waals surface area contributed by atoms with Crippen LogP contribution >= 0.6 is 0 Å². The number of fused-ring (bicyclic) bond motifs is 1. The van der Waals surface area contributed by atoms with Crippen molar-refractivity contribution < 1.29 is 13.6 Å². The van der Waals surface area contributed by atoms with Crippen LogP contribution in [-0.4, -0.2) is 24.6 Å². The fraction of sp³-hybridized carbons (Fsp3) is 0.0667. The number of H-pyrrole nitrogens is 1. The fourth-order valence-electron chi connectivity index (χ4n) is 2.14. The average Bonchev–Trinajstić information content (AvgIpc) is 2.96. The van der Waals surface area contributed by atoms with E-state index >= 15 is 0 Å². The number of hydrogen-bond acceptors (Lipinski definition) is 3. The zero-order valence-electron chi connectivity index (χ0n) is 11.7. The molecule has 1 amide bonds. The smallest absolute Gasteiger partial charge is 0.272 e. The minimum atomic E-state index is -2.46. The molecule has 22 heavy (non-hydrogen) atoms. The number of carbonyl (C=O) groups is 1. The third kappa shape index (κ3) is 2.63. The molecule has 0 saturated heterocycles. The van der Waals surface area contributed by atoms with Crippen molar-refractivity contribution in [1.29, 1.82) is 0 Å². The van der Waals surface area contributed by atoms with E-state index in [1.54, 1.807) is 42.5 Å². The van der Waals surface area contributed by atoms with E-state index in [0.29, 0.717) is 16.8 Å². The van der Waals surface area contributed by atoms with Crippen molar-refractivity contribution in [1.82, 2.24) is 9.97 Å². The summed E-state index contributed by atoms with van der Waals surface area (Å²) in [4.78, 5) is 19.6. The number of nitrogens with one attached hydrogen (secondary N) is 1. The molecule has 3 rings (SSSR count). The first kappa shape index (κ1) is 14.4. The minimum absolute atomic E-state index is 0.305. The van der Waals surface area contributed by atoms with Crippen molar-refractivity contribution in [3.05, 3.63) is 59.9 Å². The Kier molecular flexibility index (Phi) is 3.74. The maximum atomic E-state index is 12.6. The molecule has 0 saturated carbocycles. The molecule has 1 heterocycles. The molecule has 3 aromatic rings. The second-order valence-corrected chi connectivity index (χ2v) is 5.63. The predicted octanol–water partition coefficient (Wildman–Crippen LogP) is 2.65. The Morgan fingerprint density at radius 2 is 1.95 bits per heavy atom. The van der Waals surface area contributed by atoms with Crippen LogP contribution < -0.4 is 4.31 Å². The lowest BCUT2D eigenvalue weighted by molar-refractivity contribution is 0.100. The molecule has 0 bridgehead atoms. The predicted molar refractivity (Wildman–Crippen MR) is 84.9 cm³/mol. The zero-order valence-corrected chi connectivity index (χ0v) is 12.5. The molecule has 6 nitrogen and oxygen atoms in total. The summed E-state index contributed by atoms with van der Waals surface area (Å²) in [7, 11) is 0. The molecule has 0 fully saturated rings. The van der Waals surface area contributed by atoms with E-state index in [1.807, 2.05) is 6.92 Å². The number of carbonyl (C=O) groups excluding carboxylic acids is 1. The normalized spacial score (nSPS) is 12.3. The zero-order chi connectivity index (χ0) is 15.7. The highest BCUT2D eigenvalue weighted by atomic mass is 32.2. The molecular formula is C15H13N3O3S. The van der Waals surface area contributed by atoms with Crippen molar-refractivity contribution >= 4 is 33.9 Å². The number of amides is 1. The van der Waals surface area contributed by atoms with E-state index < -0.39 is 17.2 Å². The van der Waals surface area contributed by atoms with Gasteiger partial charge in [0.15, 0.2) is 0 Å². The molecule has 1 aromatic heterocycles. The molecule has 2 aromatic carbocycles. The van der Waals surface area contributed by atoms with Crippen LogP contribution in [0.15, 0.2) is 48.8 Å². The van der Waals surface area contributed by atoms with Crippen LogP contribution in [0.3, 0.4) is 0 Å². The topological polar surface area (TPSA) is 86.3 Å². The van der Waals surface area contributed by atoms with Crippen LogP contribution in [0, 0.1) is 6.92 Å². The van der Waals surface area contributed by atoms with Gasteiger partial charge < -0.3 is 4.98 Å². The molecule has 0 radical (unpaired) electrons. The van der Waals surface area contributed by atoms with Crippen molar-refractivity contribution in [3.63, 3.8) is 0 Å². The lowest BCUT2D eigenvalue weighted by Gasteiger charge is -2.18. The summed E-state index contributed by atoms with van der Waals surface area (Å²) in [5.41, 5.74) is 3.08. The van der Waals surface area contributed by atoms with E-state index in [0.717, 1.165) is 15.4 Å². The number of anilines is 1. The number of nitrogens with zero attached hydrogens (tertiary/aromatic N) is 2. The van der Waals surface area contributed by atoms with Gasteiger partial charge in [-0.1, -0.05) is 17.7 Å². The Hall–Kier alpha value is -2.51. The second kappa shape index (κ2) is 5.70. The summed E-state index contributed by atoms with van der Waals surface area (Å²) in [6.07, 6.45) is 1.53. The number of aryl methyl sites for hydroxylation is 1. The van der Waals surface area contributed by atoms with Crippen LogP contribution in [-0.2, 0) is 11.3 Å². The van der Waals surface area contributed by atoms with Gasteiger partial charge in [-0.3, -0.25) is 9.35 Å². The highest BCUT2D eigenvalue weighted by Gasteiger charge is 2.23. The Morgan fingerprint density at radius 1 is 1.23 bits per heavy atom. The van der Waals surface area contributed by atoms with E-state index in [9.17, 15) is 13.6 Å². The first-order valence-electron chi connectivity index (χ1n) is 6.51. The number of imidazole rings is 1. The number of rotatable bonds is 3. The van der Waals surface area contributed by atoms with Gasteiger partial charge in [0, 0.05) is 5.56 Å². The third-order valence-corrected chi connectivity index (χ3v) is 3.97. The van der Waals surface area contributed by atoms with E-state index in [-0.39, 0.29) is 0 Å². The molecular weight excluding hydrogens is 302 g/mol. The largest absolute Gasteiger partial charge is 0.345 e. The lowest BCUT2D eigenvalue weighted by Crippen LogP contribution is -2.32. The van der Waals surface area contributed by atoms with Crippen molar-refractivity contribution in [2.75, 3.05) is 4.31 Å². The molecule has 0 aliphatic carbocycles. The molecule has 0 aliphatic rings. The highest BCUT2D eigenvalue weighted by Crippen LogP contribution is 2.21. The summed E-state index contributed by atoms with van der Waals surface area (Å²) in [6, 6.07) is 11.7. The van der Waals surface area contributed by atoms with Crippen LogP contribution in [0.2, 0.25) is 0 Å². The summed E-state index contributed by atoms with van der Waals surface area (Å²) < 4.78 is 22.0. The fourth-order valence-corrected chi connectivity index (χ4v) is 2.69. The highest BCUT2D eigenvalue weighted by molar-refractivity contribution is 7.81. The molecule has 1 unspecified atom stereocenters. The monoisotopic (exact) mass is 315 g/mol. The molecule has 2 N–H and O–H groups in total. The van der Waals surface area contributed by atoms with Crippen LogP contribution in [0.1, 0.15) is 15.9 Å². The second-order valence-electron chi connectivity index (χ2n) is 4.80. The molecule has 112 valence electrons. The third-order valence-electron chi connectivity index (χ3n) is 3.28. The first-order chi connectivity index (χ1) is 10.6. The van der Waals surface area contributed by atoms with Crippen LogP contribution in [0.4, 0.5) is 5.69 Å². The van der Waals surface area contributed by atoms with E-state index in [2.05, 4.69) is 9.97 Å². The van der Waals surface area contributed by atoms with Gasteiger partial charge in [-0.15, -0.1) is 0 Å². The molecule has 7 heteroatoms. The number of aromatic amines is 1. The Bertz CT molecular complexity index is 858. The maximum absolute atomic E-state index is 12.6. The van der Waals surface area contributed by atoms with Gasteiger partial charge in [0.25, 0.3) is 17.2 Å².